The number of nitrogens with two attached hydrogens (primary N) is 1. The summed E-state index contributed by atoms with van der Waals surface area (Å²) in [6.07, 6.45) is 0.150. The van der Waals surface area contributed by atoms with E-state index in [4.69, 9.17) is 16.3 Å². The van der Waals surface area contributed by atoms with Crippen LogP contribution in [0.4, 0.5) is 13.2 Å². The quantitative estimate of drug-likeness (QED) is 0.598. The fourth-order valence-corrected chi connectivity index (χ4v) is 1.06. The largest absolute Gasteiger partial charge is 0.290 e. The summed E-state index contributed by atoms with van der Waals surface area (Å²) in [6.45, 7) is 0. The van der Waals surface area contributed by atoms with Crippen molar-refractivity contribution in [1.29, 1.82) is 10.5 Å². The van der Waals surface area contributed by atoms with Gasteiger partial charge in [0.25, 0.3) is 0 Å². The Balaban J connectivity index is 3.35. The van der Waals surface area contributed by atoms with E-state index in [0.29, 0.717) is 0 Å². The van der Waals surface area contributed by atoms with E-state index in [1.807, 2.05) is 0 Å². The molecule has 0 spiro atoms. The minimum absolute atomic E-state index is 0.150. The highest BCUT2D eigenvalue weighted by Crippen LogP contribution is 2.36. The van der Waals surface area contributed by atoms with Gasteiger partial charge in [0.05, 0.1) is 17.7 Å². The first kappa shape index (κ1) is 10.3. The Morgan fingerprint density at radius 2 is 2.00 bits per heavy atom. The average Bonchev–Trinajstić information content (AvgIpc) is 2.10. The van der Waals surface area contributed by atoms with Gasteiger partial charge in [-0.1, -0.05) is 0 Å². The lowest BCUT2D eigenvalue weighted by Gasteiger charge is -2.21. The summed E-state index contributed by atoms with van der Waals surface area (Å²) in [5.74, 6) is -7.71. The summed E-state index contributed by atoms with van der Waals surface area (Å²) in [6, 6.07) is 2.56. The molecule has 6 heteroatoms. The van der Waals surface area contributed by atoms with Crippen molar-refractivity contribution < 1.29 is 13.2 Å². The standard InChI is InChI=1S/C8H4F3N3/c9-6-1-8(11,14)7(10)5(3-13)4(6)2-12/h1,4H,14H2. The Morgan fingerprint density at radius 1 is 1.43 bits per heavy atom. The minimum atomic E-state index is -3.14. The normalized spacial score (nSPS) is 31.9. The van der Waals surface area contributed by atoms with Crippen LogP contribution in [0.3, 0.4) is 0 Å². The first-order chi connectivity index (χ1) is 6.44. The SMILES string of the molecule is N#CC1=C(F)C(N)(F)C=C(F)C1C#N. The molecule has 0 fully saturated rings. The summed E-state index contributed by atoms with van der Waals surface area (Å²) >= 11 is 0. The number of nitrogens with zero attached hydrogens (tertiary/aromatic N) is 2. The van der Waals surface area contributed by atoms with Gasteiger partial charge in [-0.3, -0.25) is 5.73 Å². The molecule has 0 saturated carbocycles. The predicted molar refractivity (Wildman–Crippen MR) is 40.1 cm³/mol. The first-order valence-corrected chi connectivity index (χ1v) is 3.50. The Hall–Kier alpha value is -1.79. The third-order valence-electron chi connectivity index (χ3n) is 1.73. The van der Waals surface area contributed by atoms with E-state index in [-0.39, 0.29) is 6.08 Å². The van der Waals surface area contributed by atoms with Gasteiger partial charge >= 0.3 is 0 Å². The van der Waals surface area contributed by atoms with Crippen LogP contribution in [-0.2, 0) is 0 Å². The fourth-order valence-electron chi connectivity index (χ4n) is 1.06. The molecule has 0 saturated heterocycles. The lowest BCUT2D eigenvalue weighted by Crippen LogP contribution is -2.37. The van der Waals surface area contributed by atoms with Gasteiger partial charge < -0.3 is 0 Å². The zero-order chi connectivity index (χ0) is 10.9. The third kappa shape index (κ3) is 1.36. The molecule has 0 bridgehead atoms. The van der Waals surface area contributed by atoms with Crippen LogP contribution in [0.5, 0.6) is 0 Å². The highest BCUT2D eigenvalue weighted by atomic mass is 19.2. The number of hydrogen-bond donors (Lipinski definition) is 1. The molecule has 72 valence electrons. The lowest BCUT2D eigenvalue weighted by atomic mass is 9.90. The van der Waals surface area contributed by atoms with Gasteiger partial charge in [0.15, 0.2) is 5.83 Å². The number of alkyl halides is 1. The molecular weight excluding hydrogens is 195 g/mol. The molecule has 14 heavy (non-hydrogen) atoms. The lowest BCUT2D eigenvalue weighted by molar-refractivity contribution is 0.227. The molecule has 1 rings (SSSR count). The van der Waals surface area contributed by atoms with E-state index in [1.54, 1.807) is 0 Å². The zero-order valence-corrected chi connectivity index (χ0v) is 6.76. The van der Waals surface area contributed by atoms with Gasteiger partial charge in [-0.2, -0.15) is 10.5 Å². The highest BCUT2D eigenvalue weighted by molar-refractivity contribution is 5.45. The van der Waals surface area contributed by atoms with Crippen LogP contribution in [-0.4, -0.2) is 5.79 Å². The second-order valence-corrected chi connectivity index (χ2v) is 2.70. The molecule has 0 aromatic heterocycles. The van der Waals surface area contributed by atoms with E-state index in [1.165, 1.54) is 12.1 Å². The summed E-state index contributed by atoms with van der Waals surface area (Å²) in [7, 11) is 0. The van der Waals surface area contributed by atoms with Crippen molar-refractivity contribution in [3.05, 3.63) is 23.3 Å². The van der Waals surface area contributed by atoms with Crippen LogP contribution in [0.2, 0.25) is 0 Å². The minimum Gasteiger partial charge on any atom is -0.290 e. The van der Waals surface area contributed by atoms with Crippen molar-refractivity contribution >= 4 is 0 Å². The monoisotopic (exact) mass is 199 g/mol. The molecule has 1 aliphatic carbocycles. The molecule has 0 amide bonds. The number of halogens is 3. The summed E-state index contributed by atoms with van der Waals surface area (Å²) < 4.78 is 39.0. The van der Waals surface area contributed by atoms with Crippen LogP contribution >= 0.6 is 0 Å². The summed E-state index contributed by atoms with van der Waals surface area (Å²) in [5, 5.41) is 16.8. The Bertz CT molecular complexity index is 409. The van der Waals surface area contributed by atoms with Crippen molar-refractivity contribution in [1.82, 2.24) is 0 Å². The summed E-state index contributed by atoms with van der Waals surface area (Å²) in [5.41, 5.74) is 3.80. The Labute approximate surface area is 77.5 Å². The molecule has 0 aromatic carbocycles. The molecule has 0 aromatic rings. The van der Waals surface area contributed by atoms with E-state index < -0.39 is 28.9 Å². The van der Waals surface area contributed by atoms with E-state index in [0.717, 1.165) is 0 Å². The van der Waals surface area contributed by atoms with E-state index >= 15 is 0 Å². The molecule has 3 nitrogen and oxygen atoms in total. The van der Waals surface area contributed by atoms with E-state index in [2.05, 4.69) is 0 Å². The maximum absolute atomic E-state index is 13.0. The van der Waals surface area contributed by atoms with Crippen LogP contribution in [0.15, 0.2) is 23.3 Å². The van der Waals surface area contributed by atoms with Crippen molar-refractivity contribution in [3.8, 4) is 12.1 Å². The molecule has 2 N–H and O–H groups in total. The zero-order valence-electron chi connectivity index (χ0n) is 6.76. The second-order valence-electron chi connectivity index (χ2n) is 2.70. The molecule has 2 unspecified atom stereocenters. The van der Waals surface area contributed by atoms with Crippen molar-refractivity contribution in [2.24, 2.45) is 11.7 Å². The smallest absolute Gasteiger partial charge is 0.233 e. The number of allylic oxidation sites excluding steroid dienone is 2. The van der Waals surface area contributed by atoms with Gasteiger partial charge in [0.1, 0.15) is 11.7 Å². The molecule has 1 aliphatic rings. The average molecular weight is 199 g/mol. The van der Waals surface area contributed by atoms with Gasteiger partial charge in [0, 0.05) is 6.08 Å². The van der Waals surface area contributed by atoms with Gasteiger partial charge in [-0.15, -0.1) is 0 Å². The maximum atomic E-state index is 13.0. The van der Waals surface area contributed by atoms with Crippen LogP contribution in [0.1, 0.15) is 0 Å². The highest BCUT2D eigenvalue weighted by Gasteiger charge is 2.41. The Kier molecular flexibility index (Phi) is 2.33. The fraction of sp³-hybridized carbons (Fsp3) is 0.250. The maximum Gasteiger partial charge on any atom is 0.233 e. The van der Waals surface area contributed by atoms with Crippen LogP contribution < -0.4 is 5.73 Å². The molecule has 0 radical (unpaired) electrons. The van der Waals surface area contributed by atoms with Crippen molar-refractivity contribution in [2.45, 2.75) is 5.79 Å². The van der Waals surface area contributed by atoms with Crippen LogP contribution in [0.25, 0.3) is 0 Å². The molecule has 0 heterocycles. The molecule has 0 aliphatic heterocycles. The topological polar surface area (TPSA) is 73.6 Å². The number of hydrogen-bond acceptors (Lipinski definition) is 3. The van der Waals surface area contributed by atoms with Gasteiger partial charge in [-0.05, 0) is 0 Å². The van der Waals surface area contributed by atoms with E-state index in [9.17, 15) is 13.2 Å². The molecule has 2 atom stereocenters. The van der Waals surface area contributed by atoms with Crippen molar-refractivity contribution in [2.75, 3.05) is 0 Å². The van der Waals surface area contributed by atoms with Gasteiger partial charge in [-0.25, -0.2) is 13.2 Å². The Morgan fingerprint density at radius 3 is 2.43 bits per heavy atom. The molecular formula is C8H4F3N3. The number of nitriles is 2. The second kappa shape index (κ2) is 3.17. The van der Waals surface area contributed by atoms with Crippen molar-refractivity contribution in [3.63, 3.8) is 0 Å². The summed E-state index contributed by atoms with van der Waals surface area (Å²) in [4.78, 5) is 0. The number of rotatable bonds is 0. The third-order valence-corrected chi connectivity index (χ3v) is 1.73. The van der Waals surface area contributed by atoms with Gasteiger partial charge in [0.2, 0.25) is 5.79 Å². The first-order valence-electron chi connectivity index (χ1n) is 3.50. The van der Waals surface area contributed by atoms with Crippen LogP contribution in [0, 0.1) is 28.6 Å². The predicted octanol–water partition coefficient (Wildman–Crippen LogP) is 1.36.